The van der Waals surface area contributed by atoms with Gasteiger partial charge in [0.2, 0.25) is 0 Å². The van der Waals surface area contributed by atoms with Gasteiger partial charge in [-0.1, -0.05) is 22.0 Å². The summed E-state index contributed by atoms with van der Waals surface area (Å²) in [6.45, 7) is 5.09. The van der Waals surface area contributed by atoms with Gasteiger partial charge < -0.3 is 14.7 Å². The van der Waals surface area contributed by atoms with Crippen LogP contribution in [0, 0.1) is 0 Å². The second kappa shape index (κ2) is 6.62. The molecular formula is C16H20BrNO3. The Kier molecular flexibility index (Phi) is 5.06. The molecule has 0 unspecified atom stereocenters. The fourth-order valence-corrected chi connectivity index (χ4v) is 3.03. The maximum Gasteiger partial charge on any atom is 0.339 e. The zero-order chi connectivity index (χ0) is 15.5. The smallest absolute Gasteiger partial charge is 0.339 e. The molecule has 0 aliphatic carbocycles. The summed E-state index contributed by atoms with van der Waals surface area (Å²) in [5.74, 6) is -0.343. The number of esters is 1. The number of ether oxygens (including phenoxy) is 1. The van der Waals surface area contributed by atoms with E-state index in [1.54, 1.807) is 12.1 Å². The Labute approximate surface area is 133 Å². The van der Waals surface area contributed by atoms with Crippen LogP contribution in [0.3, 0.4) is 0 Å². The number of hydrogen-bond donors (Lipinski definition) is 1. The quantitative estimate of drug-likeness (QED) is 0.667. The van der Waals surface area contributed by atoms with Gasteiger partial charge in [-0.2, -0.15) is 0 Å². The van der Waals surface area contributed by atoms with Crippen LogP contribution in [0.2, 0.25) is 0 Å². The molecule has 21 heavy (non-hydrogen) atoms. The summed E-state index contributed by atoms with van der Waals surface area (Å²) < 4.78 is 5.76. The normalized spacial score (nSPS) is 17.4. The lowest BCUT2D eigenvalue weighted by Gasteiger charge is -2.39. The third-order valence-corrected chi connectivity index (χ3v) is 4.42. The van der Waals surface area contributed by atoms with Crippen molar-refractivity contribution in [3.63, 3.8) is 0 Å². The number of carbonyl (C=O) groups is 1. The van der Waals surface area contributed by atoms with Gasteiger partial charge in [0.25, 0.3) is 0 Å². The zero-order valence-corrected chi connectivity index (χ0v) is 13.7. The van der Waals surface area contributed by atoms with Crippen molar-refractivity contribution in [2.24, 2.45) is 0 Å². The maximum atomic E-state index is 11.9. The van der Waals surface area contributed by atoms with Crippen LogP contribution in [0.4, 0.5) is 5.69 Å². The van der Waals surface area contributed by atoms with Crippen LogP contribution >= 0.6 is 15.9 Å². The average molecular weight is 354 g/mol. The van der Waals surface area contributed by atoms with Gasteiger partial charge in [-0.05, 0) is 37.5 Å². The van der Waals surface area contributed by atoms with E-state index in [0.717, 1.165) is 10.2 Å². The third-order valence-electron chi connectivity index (χ3n) is 3.92. The van der Waals surface area contributed by atoms with E-state index in [9.17, 15) is 9.90 Å². The van der Waals surface area contributed by atoms with E-state index in [2.05, 4.69) is 27.4 Å². The van der Waals surface area contributed by atoms with Crippen LogP contribution in [0.1, 0.15) is 29.6 Å². The molecule has 0 radical (unpaired) electrons. The highest BCUT2D eigenvalue weighted by Crippen LogP contribution is 2.32. The molecule has 2 rings (SSSR count). The number of nitrogens with zero attached hydrogens (tertiary/aromatic N) is 1. The summed E-state index contributed by atoms with van der Waals surface area (Å²) >= 11 is 3.44. The number of carbonyl (C=O) groups excluding carboxylic acids is 1. The number of piperidine rings is 1. The summed E-state index contributed by atoms with van der Waals surface area (Å²) in [5, 5.41) is 10.4. The molecule has 114 valence electrons. The van der Waals surface area contributed by atoms with Crippen LogP contribution in [0.5, 0.6) is 0 Å². The predicted molar refractivity (Wildman–Crippen MR) is 86.7 cm³/mol. The van der Waals surface area contributed by atoms with Gasteiger partial charge in [0, 0.05) is 17.6 Å². The van der Waals surface area contributed by atoms with E-state index >= 15 is 0 Å². The molecule has 1 aromatic carbocycles. The summed E-state index contributed by atoms with van der Waals surface area (Å²) in [5.41, 5.74) is 0.724. The molecule has 0 bridgehead atoms. The minimum absolute atomic E-state index is 0.343. The van der Waals surface area contributed by atoms with E-state index < -0.39 is 5.60 Å². The highest BCUT2D eigenvalue weighted by atomic mass is 79.9. The first-order chi connectivity index (χ1) is 9.99. The molecule has 0 saturated carbocycles. The van der Waals surface area contributed by atoms with Gasteiger partial charge >= 0.3 is 5.97 Å². The molecule has 1 aliphatic heterocycles. The molecule has 1 aromatic rings. The Morgan fingerprint density at radius 2 is 2.19 bits per heavy atom. The Hall–Kier alpha value is -1.33. The first-order valence-corrected chi connectivity index (χ1v) is 7.74. The number of anilines is 1. The van der Waals surface area contributed by atoms with Crippen LogP contribution in [-0.4, -0.2) is 36.9 Å². The van der Waals surface area contributed by atoms with E-state index in [1.165, 1.54) is 7.11 Å². The van der Waals surface area contributed by atoms with Gasteiger partial charge in [0.1, 0.15) is 0 Å². The molecule has 0 spiro atoms. The largest absolute Gasteiger partial charge is 0.465 e. The summed E-state index contributed by atoms with van der Waals surface area (Å²) in [7, 11) is 1.38. The predicted octanol–water partition coefficient (Wildman–Crippen LogP) is 3.14. The standard InChI is InChI=1S/C16H20BrNO3/c1-3-6-16(20)7-9-18(10-8-16)14-11-12(17)4-5-13(14)15(19)21-2/h3-5,11,20H,1,6-10H2,2H3. The maximum absolute atomic E-state index is 11.9. The van der Waals surface area contributed by atoms with Crippen molar-refractivity contribution in [3.05, 3.63) is 40.9 Å². The lowest BCUT2D eigenvalue weighted by atomic mass is 9.88. The third kappa shape index (κ3) is 3.66. The summed E-state index contributed by atoms with van der Waals surface area (Å²) in [4.78, 5) is 14.0. The van der Waals surface area contributed by atoms with Crippen molar-refractivity contribution in [2.45, 2.75) is 24.9 Å². The molecule has 0 amide bonds. The summed E-state index contributed by atoms with van der Waals surface area (Å²) in [6, 6.07) is 5.51. The summed E-state index contributed by atoms with van der Waals surface area (Å²) in [6.07, 6.45) is 3.68. The van der Waals surface area contributed by atoms with Crippen LogP contribution in [-0.2, 0) is 4.74 Å². The van der Waals surface area contributed by atoms with Crippen LogP contribution in [0.15, 0.2) is 35.3 Å². The number of rotatable bonds is 4. The molecule has 1 heterocycles. The van der Waals surface area contributed by atoms with E-state index in [0.29, 0.717) is 37.9 Å². The average Bonchev–Trinajstić information content (AvgIpc) is 2.47. The molecule has 0 atom stereocenters. The van der Waals surface area contributed by atoms with Crippen molar-refractivity contribution < 1.29 is 14.6 Å². The first kappa shape index (κ1) is 16.0. The van der Waals surface area contributed by atoms with Crippen molar-refractivity contribution in [1.29, 1.82) is 0 Å². The molecular weight excluding hydrogens is 334 g/mol. The van der Waals surface area contributed by atoms with E-state index in [4.69, 9.17) is 4.74 Å². The lowest BCUT2D eigenvalue weighted by Crippen LogP contribution is -2.44. The van der Waals surface area contributed by atoms with E-state index in [1.807, 2.05) is 12.1 Å². The number of aliphatic hydroxyl groups is 1. The molecule has 1 N–H and O–H groups in total. The van der Waals surface area contributed by atoms with Crippen LogP contribution in [0.25, 0.3) is 0 Å². The van der Waals surface area contributed by atoms with Crippen molar-refractivity contribution >= 4 is 27.6 Å². The minimum atomic E-state index is -0.671. The molecule has 0 aromatic heterocycles. The Bertz CT molecular complexity index is 536. The van der Waals surface area contributed by atoms with Gasteiger partial charge in [0.15, 0.2) is 0 Å². The van der Waals surface area contributed by atoms with Crippen molar-refractivity contribution in [3.8, 4) is 0 Å². The molecule has 1 saturated heterocycles. The van der Waals surface area contributed by atoms with Gasteiger partial charge in [0.05, 0.1) is 24.0 Å². The fraction of sp³-hybridized carbons (Fsp3) is 0.438. The highest BCUT2D eigenvalue weighted by molar-refractivity contribution is 9.10. The van der Waals surface area contributed by atoms with Gasteiger partial charge in [-0.3, -0.25) is 0 Å². The number of halogens is 1. The molecule has 5 heteroatoms. The van der Waals surface area contributed by atoms with E-state index in [-0.39, 0.29) is 5.97 Å². The van der Waals surface area contributed by atoms with Gasteiger partial charge in [-0.15, -0.1) is 6.58 Å². The lowest BCUT2D eigenvalue weighted by molar-refractivity contribution is 0.0191. The topological polar surface area (TPSA) is 49.8 Å². The number of methoxy groups -OCH3 is 1. The Morgan fingerprint density at radius 1 is 1.52 bits per heavy atom. The molecule has 4 nitrogen and oxygen atoms in total. The SMILES string of the molecule is C=CCC1(O)CCN(c2cc(Br)ccc2C(=O)OC)CC1. The molecule has 1 aliphatic rings. The monoisotopic (exact) mass is 353 g/mol. The fourth-order valence-electron chi connectivity index (χ4n) is 2.69. The van der Waals surface area contributed by atoms with Crippen LogP contribution < -0.4 is 4.90 Å². The van der Waals surface area contributed by atoms with Crippen molar-refractivity contribution in [2.75, 3.05) is 25.1 Å². The first-order valence-electron chi connectivity index (χ1n) is 6.95. The second-order valence-electron chi connectivity index (χ2n) is 5.36. The minimum Gasteiger partial charge on any atom is -0.465 e. The van der Waals surface area contributed by atoms with Crippen molar-refractivity contribution in [1.82, 2.24) is 0 Å². The second-order valence-corrected chi connectivity index (χ2v) is 6.27. The highest BCUT2D eigenvalue weighted by Gasteiger charge is 2.32. The van der Waals surface area contributed by atoms with Gasteiger partial charge in [-0.25, -0.2) is 4.79 Å². The molecule has 1 fully saturated rings. The number of hydrogen-bond acceptors (Lipinski definition) is 4. The zero-order valence-electron chi connectivity index (χ0n) is 12.1. The number of benzene rings is 1. The Balaban J connectivity index is 2.21. The Morgan fingerprint density at radius 3 is 2.76 bits per heavy atom.